The number of esters is 4. The molecule has 1 aliphatic heterocycles. The van der Waals surface area contributed by atoms with Crippen molar-refractivity contribution < 1.29 is 47.6 Å². The molecule has 0 saturated carbocycles. The van der Waals surface area contributed by atoms with Crippen molar-refractivity contribution in [2.24, 2.45) is 0 Å². The van der Waals surface area contributed by atoms with Crippen molar-refractivity contribution in [3.63, 3.8) is 0 Å². The fourth-order valence-corrected chi connectivity index (χ4v) is 3.96. The summed E-state index contributed by atoms with van der Waals surface area (Å²) in [6.45, 7) is 7.75. The van der Waals surface area contributed by atoms with E-state index in [0.29, 0.717) is 25.7 Å². The lowest BCUT2D eigenvalue weighted by Gasteiger charge is -2.29. The monoisotopic (exact) mass is 582 g/mol. The molecular formula is C31H50O10. The highest BCUT2D eigenvalue weighted by molar-refractivity contribution is 5.75. The maximum Gasteiger partial charge on any atom is 0.329 e. The number of carbonyl (C=O) groups is 4. The molecule has 0 amide bonds. The zero-order valence-corrected chi connectivity index (χ0v) is 25.7. The van der Waals surface area contributed by atoms with Crippen LogP contribution in [0.25, 0.3) is 0 Å². The molecule has 0 fully saturated rings. The maximum absolute atomic E-state index is 12.9. The van der Waals surface area contributed by atoms with Gasteiger partial charge in [0.05, 0.1) is 7.11 Å². The lowest BCUT2D eigenvalue weighted by atomic mass is 10.1. The molecule has 1 aliphatic rings. The summed E-state index contributed by atoms with van der Waals surface area (Å²) in [5.41, 5.74) is 0. The molecule has 0 N–H and O–H groups in total. The van der Waals surface area contributed by atoms with Crippen LogP contribution < -0.4 is 0 Å². The first-order valence-corrected chi connectivity index (χ1v) is 15.3. The first kappa shape index (κ1) is 36.0. The van der Waals surface area contributed by atoms with Gasteiger partial charge < -0.3 is 28.4 Å². The van der Waals surface area contributed by atoms with Crippen molar-refractivity contribution in [1.82, 2.24) is 0 Å². The van der Waals surface area contributed by atoms with Crippen molar-refractivity contribution >= 4 is 23.9 Å². The lowest BCUT2D eigenvalue weighted by molar-refractivity contribution is -0.156. The van der Waals surface area contributed by atoms with E-state index >= 15 is 0 Å². The Morgan fingerprint density at radius 2 is 1.00 bits per heavy atom. The number of rotatable bonds is 22. The minimum absolute atomic E-state index is 0.104. The van der Waals surface area contributed by atoms with Crippen LogP contribution in [0.15, 0.2) is 23.2 Å². The van der Waals surface area contributed by atoms with E-state index in [2.05, 4.69) is 0 Å². The van der Waals surface area contributed by atoms with Crippen molar-refractivity contribution in [3.05, 3.63) is 23.2 Å². The molecule has 0 radical (unpaired) electrons. The van der Waals surface area contributed by atoms with Gasteiger partial charge in [-0.2, -0.15) is 0 Å². The van der Waals surface area contributed by atoms with Crippen molar-refractivity contribution in [2.75, 3.05) is 13.7 Å². The summed E-state index contributed by atoms with van der Waals surface area (Å²) in [5, 5.41) is 0. The fraction of sp³-hybridized carbons (Fsp3) is 0.742. The first-order chi connectivity index (χ1) is 19.8. The molecular weight excluding hydrogens is 532 g/mol. The van der Waals surface area contributed by atoms with Gasteiger partial charge in [0.25, 0.3) is 5.76 Å². The van der Waals surface area contributed by atoms with Gasteiger partial charge in [0, 0.05) is 25.7 Å². The van der Waals surface area contributed by atoms with Crippen LogP contribution in [0.4, 0.5) is 0 Å². The van der Waals surface area contributed by atoms with Gasteiger partial charge >= 0.3 is 29.8 Å². The summed E-state index contributed by atoms with van der Waals surface area (Å²) in [7, 11) is 1.30. The molecule has 0 spiro atoms. The van der Waals surface area contributed by atoms with Gasteiger partial charge in [0.1, 0.15) is 6.61 Å². The third-order valence-electron chi connectivity index (χ3n) is 6.33. The normalized spacial score (nSPS) is 14.8. The average molecular weight is 583 g/mol. The highest BCUT2D eigenvalue weighted by atomic mass is 16.7. The fourth-order valence-electron chi connectivity index (χ4n) is 3.96. The number of unbranched alkanes of at least 4 members (excludes halogenated alkanes) is 8. The number of ether oxygens (including phenoxy) is 6. The van der Waals surface area contributed by atoms with Crippen molar-refractivity contribution in [3.8, 4) is 0 Å². The van der Waals surface area contributed by atoms with Crippen LogP contribution in [0.3, 0.4) is 0 Å². The summed E-state index contributed by atoms with van der Waals surface area (Å²) in [4.78, 5) is 50.7. The molecule has 1 atom stereocenters. The zero-order chi connectivity index (χ0) is 30.5. The van der Waals surface area contributed by atoms with E-state index < -0.39 is 30.0 Å². The van der Waals surface area contributed by atoms with Crippen LogP contribution in [0, 0.1) is 0 Å². The van der Waals surface area contributed by atoms with E-state index in [0.717, 1.165) is 51.4 Å². The quantitative estimate of drug-likeness (QED) is 0.0756. The number of hydrogen-bond acceptors (Lipinski definition) is 10. The Bertz CT molecular complexity index is 889. The summed E-state index contributed by atoms with van der Waals surface area (Å²) >= 11 is 0. The lowest BCUT2D eigenvalue weighted by Crippen LogP contribution is -2.34. The molecule has 0 saturated heterocycles. The van der Waals surface area contributed by atoms with E-state index in [9.17, 15) is 19.2 Å². The van der Waals surface area contributed by atoms with E-state index in [1.165, 1.54) is 7.11 Å². The minimum Gasteiger partial charge on any atom is -0.466 e. The van der Waals surface area contributed by atoms with Crippen molar-refractivity contribution in [1.29, 1.82) is 0 Å². The molecule has 1 rings (SSSR count). The molecule has 41 heavy (non-hydrogen) atoms. The molecule has 0 aromatic heterocycles. The molecule has 10 nitrogen and oxygen atoms in total. The molecule has 0 aliphatic carbocycles. The van der Waals surface area contributed by atoms with Crippen LogP contribution in [-0.2, 0) is 47.6 Å². The van der Waals surface area contributed by atoms with Crippen LogP contribution in [0.2, 0.25) is 0 Å². The Labute approximate surface area is 245 Å². The Morgan fingerprint density at radius 1 is 0.585 bits per heavy atom. The highest BCUT2D eigenvalue weighted by Crippen LogP contribution is 2.34. The summed E-state index contributed by atoms with van der Waals surface area (Å²) < 4.78 is 33.6. The smallest absolute Gasteiger partial charge is 0.329 e. The van der Waals surface area contributed by atoms with Gasteiger partial charge in [0.15, 0.2) is 11.9 Å². The SMILES string of the molecule is CCCCCC(=O)OCC1OC(OC)=C(OC(=O)CCCCC)C(OC(=O)CCCCC)=C1OC(=O)CCCCC. The zero-order valence-electron chi connectivity index (χ0n) is 25.7. The topological polar surface area (TPSA) is 124 Å². The van der Waals surface area contributed by atoms with Gasteiger partial charge in [0.2, 0.25) is 5.76 Å². The van der Waals surface area contributed by atoms with Gasteiger partial charge in [-0.3, -0.25) is 19.2 Å². The van der Waals surface area contributed by atoms with Crippen LogP contribution in [0.1, 0.15) is 130 Å². The van der Waals surface area contributed by atoms with Crippen LogP contribution >= 0.6 is 0 Å². The molecule has 0 aromatic carbocycles. The van der Waals surface area contributed by atoms with Gasteiger partial charge in [-0.1, -0.05) is 79.1 Å². The molecule has 234 valence electrons. The van der Waals surface area contributed by atoms with Gasteiger partial charge in [-0.25, -0.2) is 0 Å². The second-order valence-corrected chi connectivity index (χ2v) is 10.1. The van der Waals surface area contributed by atoms with E-state index in [-0.39, 0.29) is 55.5 Å². The summed E-state index contributed by atoms with van der Waals surface area (Å²) in [5.74, 6) is -3.22. The van der Waals surface area contributed by atoms with Crippen molar-refractivity contribution in [2.45, 2.75) is 137 Å². The largest absolute Gasteiger partial charge is 0.466 e. The molecule has 0 aromatic rings. The Morgan fingerprint density at radius 3 is 1.44 bits per heavy atom. The van der Waals surface area contributed by atoms with E-state index in [4.69, 9.17) is 28.4 Å². The first-order valence-electron chi connectivity index (χ1n) is 15.3. The third kappa shape index (κ3) is 14.4. The highest BCUT2D eigenvalue weighted by Gasteiger charge is 2.40. The number of methoxy groups -OCH3 is 1. The third-order valence-corrected chi connectivity index (χ3v) is 6.33. The van der Waals surface area contributed by atoms with Crippen LogP contribution in [-0.4, -0.2) is 43.7 Å². The average Bonchev–Trinajstić information content (AvgIpc) is 2.94. The minimum atomic E-state index is -1.17. The van der Waals surface area contributed by atoms with E-state index in [1.807, 2.05) is 27.7 Å². The second-order valence-electron chi connectivity index (χ2n) is 10.1. The summed E-state index contributed by atoms with van der Waals surface area (Å²) in [6, 6.07) is 0. The molecule has 1 unspecified atom stereocenters. The van der Waals surface area contributed by atoms with Gasteiger partial charge in [-0.15, -0.1) is 0 Å². The van der Waals surface area contributed by atoms with Gasteiger partial charge in [-0.05, 0) is 25.7 Å². The molecule has 10 heteroatoms. The Kier molecular flexibility index (Phi) is 19.0. The predicted molar refractivity (Wildman–Crippen MR) is 152 cm³/mol. The van der Waals surface area contributed by atoms with Crippen LogP contribution in [0.5, 0.6) is 0 Å². The molecule has 1 heterocycles. The Balaban J connectivity index is 3.41. The second kappa shape index (κ2) is 21.7. The number of carbonyl (C=O) groups excluding carboxylic acids is 4. The standard InChI is InChI=1S/C31H50O10/c1-6-10-14-18-24(32)37-22-23-28(39-25(33)19-15-11-7-2)29(40-26(34)20-16-12-8-3)30(31(36-5)38-23)41-27(35)21-17-13-9-4/h23H,6-22H2,1-5H3. The molecule has 0 bridgehead atoms. The van der Waals surface area contributed by atoms with E-state index in [1.54, 1.807) is 0 Å². The summed E-state index contributed by atoms with van der Waals surface area (Å²) in [6.07, 6.45) is 8.95. The predicted octanol–water partition coefficient (Wildman–Crippen LogP) is 6.91. The Hall–Kier alpha value is -3.04. The number of hydrogen-bond donors (Lipinski definition) is 0. The maximum atomic E-state index is 12.9.